The van der Waals surface area contributed by atoms with Crippen LogP contribution in [0.4, 0.5) is 5.69 Å². The third kappa shape index (κ3) is 4.64. The molecule has 3 rings (SSSR count). The van der Waals surface area contributed by atoms with Crippen molar-refractivity contribution in [2.24, 2.45) is 0 Å². The Morgan fingerprint density at radius 2 is 1.71 bits per heavy atom. The van der Waals surface area contributed by atoms with Crippen molar-refractivity contribution in [2.75, 3.05) is 11.9 Å². The maximum atomic E-state index is 12.1. The van der Waals surface area contributed by atoms with Crippen LogP contribution in [0.15, 0.2) is 60.7 Å². The second-order valence-corrected chi connectivity index (χ2v) is 5.96. The van der Waals surface area contributed by atoms with E-state index in [1.165, 1.54) is 25.1 Å². The van der Waals surface area contributed by atoms with Gasteiger partial charge in [-0.1, -0.05) is 30.3 Å². The molecule has 0 aliphatic carbocycles. The number of fused-ring (bicyclic) bond motifs is 1. The predicted molar refractivity (Wildman–Crippen MR) is 103 cm³/mol. The molecular formula is C21H17NO6. The van der Waals surface area contributed by atoms with Gasteiger partial charge in [-0.15, -0.1) is 0 Å². The largest absolute Gasteiger partial charge is 0.484 e. The average Bonchev–Trinajstić information content (AvgIpc) is 2.67. The first kappa shape index (κ1) is 18.9. The summed E-state index contributed by atoms with van der Waals surface area (Å²) in [4.78, 5) is 34.5. The van der Waals surface area contributed by atoms with Gasteiger partial charge in [0.25, 0.3) is 5.91 Å². The zero-order chi connectivity index (χ0) is 20.1. The number of nitrogens with one attached hydrogen (secondary N) is 1. The van der Waals surface area contributed by atoms with Gasteiger partial charge in [0.1, 0.15) is 17.1 Å². The Kier molecular flexibility index (Phi) is 5.55. The number of ether oxygens (including phenoxy) is 2. The van der Waals surface area contributed by atoms with Gasteiger partial charge in [-0.05, 0) is 41.1 Å². The molecule has 0 radical (unpaired) electrons. The molecule has 3 aromatic rings. The molecular weight excluding hydrogens is 362 g/mol. The number of esters is 1. The topological polar surface area (TPSA) is 102 Å². The van der Waals surface area contributed by atoms with Gasteiger partial charge in [0.15, 0.2) is 6.61 Å². The number of anilines is 1. The minimum absolute atomic E-state index is 0.0922. The second-order valence-electron chi connectivity index (χ2n) is 5.96. The third-order valence-electron chi connectivity index (χ3n) is 3.84. The number of carboxylic acids is 1. The lowest BCUT2D eigenvalue weighted by atomic mass is 10.1. The Hall–Kier alpha value is -3.87. The first-order valence-electron chi connectivity index (χ1n) is 8.39. The molecule has 0 saturated carbocycles. The summed E-state index contributed by atoms with van der Waals surface area (Å²) in [6.07, 6.45) is 0. The summed E-state index contributed by atoms with van der Waals surface area (Å²) in [6, 6.07) is 17.2. The fraction of sp³-hybridized carbons (Fsp3) is 0.0952. The molecule has 0 atom stereocenters. The van der Waals surface area contributed by atoms with Crippen LogP contribution in [0.5, 0.6) is 11.5 Å². The number of aromatic carboxylic acids is 1. The quantitative estimate of drug-likeness (QED) is 0.502. The first-order chi connectivity index (χ1) is 13.4. The molecule has 0 aliphatic rings. The number of carbonyl (C=O) groups is 3. The Labute approximate surface area is 160 Å². The van der Waals surface area contributed by atoms with Crippen LogP contribution >= 0.6 is 0 Å². The van der Waals surface area contributed by atoms with Crippen molar-refractivity contribution in [1.82, 2.24) is 0 Å². The fourth-order valence-electron chi connectivity index (χ4n) is 2.62. The van der Waals surface area contributed by atoms with Gasteiger partial charge in [-0.3, -0.25) is 9.59 Å². The monoisotopic (exact) mass is 379 g/mol. The molecule has 0 saturated heterocycles. The standard InChI is InChI=1S/C21H17NO6/c1-13(23)28-19-9-7-16(11-18(19)21(25)26)22-20(24)12-27-17-8-6-14-4-2-3-5-15(14)10-17/h2-11H,12H2,1H3,(H,22,24)(H,25,26). The molecule has 0 unspecified atom stereocenters. The van der Waals surface area contributed by atoms with E-state index < -0.39 is 17.8 Å². The Bertz CT molecular complexity index is 1060. The van der Waals surface area contributed by atoms with Gasteiger partial charge in [0, 0.05) is 12.6 Å². The summed E-state index contributed by atoms with van der Waals surface area (Å²) in [7, 11) is 0. The second kappa shape index (κ2) is 8.22. The minimum atomic E-state index is -1.28. The number of rotatable bonds is 6. The van der Waals surface area contributed by atoms with Crippen LogP contribution in [-0.4, -0.2) is 29.6 Å². The van der Waals surface area contributed by atoms with Crippen LogP contribution in [0.3, 0.4) is 0 Å². The van der Waals surface area contributed by atoms with Crippen molar-refractivity contribution >= 4 is 34.3 Å². The normalized spacial score (nSPS) is 10.3. The van der Waals surface area contributed by atoms with E-state index in [0.717, 1.165) is 10.8 Å². The van der Waals surface area contributed by atoms with E-state index in [-0.39, 0.29) is 23.6 Å². The lowest BCUT2D eigenvalue weighted by Gasteiger charge is -2.11. The zero-order valence-electron chi connectivity index (χ0n) is 15.0. The van der Waals surface area contributed by atoms with Gasteiger partial charge in [-0.2, -0.15) is 0 Å². The Balaban J connectivity index is 1.66. The maximum absolute atomic E-state index is 12.1. The van der Waals surface area contributed by atoms with E-state index in [1.54, 1.807) is 6.07 Å². The number of amides is 1. The average molecular weight is 379 g/mol. The van der Waals surface area contributed by atoms with Crippen molar-refractivity contribution < 1.29 is 29.0 Å². The van der Waals surface area contributed by atoms with Crippen LogP contribution in [0.1, 0.15) is 17.3 Å². The molecule has 7 nitrogen and oxygen atoms in total. The van der Waals surface area contributed by atoms with Crippen molar-refractivity contribution in [1.29, 1.82) is 0 Å². The summed E-state index contributed by atoms with van der Waals surface area (Å²) in [5.41, 5.74) is 0.0175. The van der Waals surface area contributed by atoms with Crippen molar-refractivity contribution in [3.05, 3.63) is 66.2 Å². The first-order valence-corrected chi connectivity index (χ1v) is 8.39. The smallest absolute Gasteiger partial charge is 0.339 e. The van der Waals surface area contributed by atoms with Crippen LogP contribution < -0.4 is 14.8 Å². The van der Waals surface area contributed by atoms with Gasteiger partial charge in [0.2, 0.25) is 0 Å². The number of hydrogen-bond donors (Lipinski definition) is 2. The molecule has 0 bridgehead atoms. The molecule has 0 spiro atoms. The fourth-order valence-corrected chi connectivity index (χ4v) is 2.62. The van der Waals surface area contributed by atoms with Crippen molar-refractivity contribution in [3.63, 3.8) is 0 Å². The number of hydrogen-bond acceptors (Lipinski definition) is 5. The summed E-state index contributed by atoms with van der Waals surface area (Å²) in [5.74, 6) is -1.91. The molecule has 2 N–H and O–H groups in total. The number of benzene rings is 3. The van der Waals surface area contributed by atoms with Crippen LogP contribution in [0, 0.1) is 0 Å². The van der Waals surface area contributed by atoms with Crippen LogP contribution in [0.2, 0.25) is 0 Å². The lowest BCUT2D eigenvalue weighted by Crippen LogP contribution is -2.20. The highest BCUT2D eigenvalue weighted by Gasteiger charge is 2.15. The molecule has 3 aromatic carbocycles. The Morgan fingerprint density at radius 3 is 2.43 bits per heavy atom. The molecule has 0 aliphatic heterocycles. The van der Waals surface area contributed by atoms with E-state index in [4.69, 9.17) is 9.47 Å². The molecule has 28 heavy (non-hydrogen) atoms. The molecule has 0 aromatic heterocycles. The summed E-state index contributed by atoms with van der Waals surface area (Å²) < 4.78 is 10.4. The summed E-state index contributed by atoms with van der Waals surface area (Å²) >= 11 is 0. The van der Waals surface area contributed by atoms with Gasteiger partial charge in [-0.25, -0.2) is 4.79 Å². The highest BCUT2D eigenvalue weighted by atomic mass is 16.5. The zero-order valence-corrected chi connectivity index (χ0v) is 15.0. The molecule has 0 heterocycles. The lowest BCUT2D eigenvalue weighted by molar-refractivity contribution is -0.131. The number of carbonyl (C=O) groups excluding carboxylic acids is 2. The maximum Gasteiger partial charge on any atom is 0.339 e. The van der Waals surface area contributed by atoms with Crippen LogP contribution in [-0.2, 0) is 9.59 Å². The van der Waals surface area contributed by atoms with E-state index in [0.29, 0.717) is 5.75 Å². The van der Waals surface area contributed by atoms with Crippen molar-refractivity contribution in [3.8, 4) is 11.5 Å². The minimum Gasteiger partial charge on any atom is -0.484 e. The van der Waals surface area contributed by atoms with Gasteiger partial charge < -0.3 is 19.9 Å². The van der Waals surface area contributed by atoms with E-state index in [9.17, 15) is 19.5 Å². The molecule has 0 fully saturated rings. The number of carboxylic acid groups (broad SMARTS) is 1. The highest BCUT2D eigenvalue weighted by Crippen LogP contribution is 2.24. The van der Waals surface area contributed by atoms with E-state index >= 15 is 0 Å². The van der Waals surface area contributed by atoms with Gasteiger partial charge >= 0.3 is 11.9 Å². The van der Waals surface area contributed by atoms with E-state index in [1.807, 2.05) is 36.4 Å². The molecule has 1 amide bonds. The predicted octanol–water partition coefficient (Wildman–Crippen LogP) is 3.48. The highest BCUT2D eigenvalue weighted by molar-refractivity contribution is 5.96. The van der Waals surface area contributed by atoms with Gasteiger partial charge in [0.05, 0.1) is 0 Å². The SMILES string of the molecule is CC(=O)Oc1ccc(NC(=O)COc2ccc3ccccc3c2)cc1C(=O)O. The van der Waals surface area contributed by atoms with E-state index in [2.05, 4.69) is 5.32 Å². The Morgan fingerprint density at radius 1 is 0.964 bits per heavy atom. The molecule has 7 heteroatoms. The summed E-state index contributed by atoms with van der Waals surface area (Å²) in [5, 5.41) is 13.9. The summed E-state index contributed by atoms with van der Waals surface area (Å²) in [6.45, 7) is 0.928. The van der Waals surface area contributed by atoms with Crippen molar-refractivity contribution in [2.45, 2.75) is 6.92 Å². The molecule has 142 valence electrons. The third-order valence-corrected chi connectivity index (χ3v) is 3.84. The van der Waals surface area contributed by atoms with Crippen LogP contribution in [0.25, 0.3) is 10.8 Å².